The molecule has 0 aliphatic rings. The maximum absolute atomic E-state index is 10.2. The van der Waals surface area contributed by atoms with Gasteiger partial charge in [0.15, 0.2) is 0 Å². The van der Waals surface area contributed by atoms with E-state index < -0.39 is 0 Å². The number of halogens is 2. The van der Waals surface area contributed by atoms with E-state index in [1.165, 1.54) is 0 Å². The third kappa shape index (κ3) is 2.25. The normalized spacial score (nSPS) is 11.2. The van der Waals surface area contributed by atoms with E-state index in [-0.39, 0.29) is 5.75 Å². The van der Waals surface area contributed by atoms with E-state index >= 15 is 0 Å². The zero-order valence-electron chi connectivity index (χ0n) is 10.8. The first-order valence-corrected chi connectivity index (χ1v) is 7.83. The largest absolute Gasteiger partial charge is 0.507 e. The molecule has 0 saturated heterocycles. The lowest BCUT2D eigenvalue weighted by Crippen LogP contribution is -1.97. The van der Waals surface area contributed by atoms with E-state index in [2.05, 4.69) is 48.3 Å². The van der Waals surface area contributed by atoms with Gasteiger partial charge in [0.05, 0.1) is 16.6 Å². The van der Waals surface area contributed by atoms with Gasteiger partial charge in [0.25, 0.3) is 0 Å². The number of phenolic OH excluding ortho intramolecular Hbond substituents is 1. The van der Waals surface area contributed by atoms with Crippen molar-refractivity contribution in [3.63, 3.8) is 0 Å². The number of benzene rings is 2. The van der Waals surface area contributed by atoms with Crippen molar-refractivity contribution in [1.29, 1.82) is 0 Å². The van der Waals surface area contributed by atoms with Crippen molar-refractivity contribution < 1.29 is 5.11 Å². The number of hydrogen-bond donors (Lipinski definition) is 1. The molecule has 3 aromatic rings. The molecule has 0 bridgehead atoms. The van der Waals surface area contributed by atoms with Gasteiger partial charge in [0, 0.05) is 15.5 Å². The Labute approximate surface area is 133 Å². The molecule has 0 radical (unpaired) electrons. The van der Waals surface area contributed by atoms with E-state index in [4.69, 9.17) is 0 Å². The van der Waals surface area contributed by atoms with Crippen LogP contribution in [0.5, 0.6) is 5.75 Å². The number of hydrogen-bond acceptors (Lipinski definition) is 2. The first-order chi connectivity index (χ1) is 9.60. The predicted octanol–water partition coefficient (Wildman–Crippen LogP) is 4.95. The molecule has 1 heterocycles. The van der Waals surface area contributed by atoms with Crippen LogP contribution in [-0.2, 0) is 6.54 Å². The van der Waals surface area contributed by atoms with Crippen molar-refractivity contribution in [1.82, 2.24) is 9.55 Å². The fourth-order valence-corrected chi connectivity index (χ4v) is 3.02. The summed E-state index contributed by atoms with van der Waals surface area (Å²) < 4.78 is 3.95. The van der Waals surface area contributed by atoms with Gasteiger partial charge in [-0.1, -0.05) is 31.9 Å². The highest BCUT2D eigenvalue weighted by molar-refractivity contribution is 9.10. The number of nitrogens with zero attached hydrogens (tertiary/aromatic N) is 2. The smallest absolute Gasteiger partial charge is 0.144 e. The van der Waals surface area contributed by atoms with E-state index in [9.17, 15) is 5.11 Å². The van der Waals surface area contributed by atoms with Crippen LogP contribution in [0, 0.1) is 0 Å². The number of aromatic hydroxyl groups is 1. The zero-order chi connectivity index (χ0) is 14.3. The number of aromatic nitrogens is 2. The Bertz CT molecular complexity index is 796. The molecule has 0 unspecified atom stereocenters. The van der Waals surface area contributed by atoms with Gasteiger partial charge < -0.3 is 9.67 Å². The lowest BCUT2D eigenvalue weighted by Gasteiger charge is -2.08. The van der Waals surface area contributed by atoms with E-state index in [0.717, 1.165) is 37.9 Å². The highest BCUT2D eigenvalue weighted by Crippen LogP contribution is 2.33. The van der Waals surface area contributed by atoms with Gasteiger partial charge >= 0.3 is 0 Å². The van der Waals surface area contributed by atoms with Gasteiger partial charge in [-0.05, 0) is 43.3 Å². The summed E-state index contributed by atoms with van der Waals surface area (Å²) in [7, 11) is 0. The summed E-state index contributed by atoms with van der Waals surface area (Å²) in [6.45, 7) is 2.87. The zero-order valence-corrected chi connectivity index (χ0v) is 13.9. The summed E-state index contributed by atoms with van der Waals surface area (Å²) in [6.07, 6.45) is 0. The van der Waals surface area contributed by atoms with Gasteiger partial charge in [-0.15, -0.1) is 0 Å². The molecule has 102 valence electrons. The SMILES string of the molecule is CCn1c(-c2ccc(Br)cc2O)nc2cc(Br)ccc21. The summed E-state index contributed by atoms with van der Waals surface area (Å²) in [6, 6.07) is 11.5. The van der Waals surface area contributed by atoms with Gasteiger partial charge in [-0.25, -0.2) is 4.98 Å². The van der Waals surface area contributed by atoms with Crippen molar-refractivity contribution in [2.75, 3.05) is 0 Å². The van der Waals surface area contributed by atoms with E-state index in [1.54, 1.807) is 6.07 Å². The third-order valence-electron chi connectivity index (χ3n) is 3.23. The molecule has 0 fully saturated rings. The second-order valence-electron chi connectivity index (χ2n) is 4.47. The van der Waals surface area contributed by atoms with Gasteiger partial charge in [0.2, 0.25) is 0 Å². The van der Waals surface area contributed by atoms with E-state index in [0.29, 0.717) is 0 Å². The molecule has 3 rings (SSSR count). The Morgan fingerprint density at radius 3 is 2.50 bits per heavy atom. The minimum atomic E-state index is 0.225. The van der Waals surface area contributed by atoms with Crippen molar-refractivity contribution in [2.45, 2.75) is 13.5 Å². The van der Waals surface area contributed by atoms with Crippen LogP contribution in [-0.4, -0.2) is 14.7 Å². The number of aryl methyl sites for hydroxylation is 1. The van der Waals surface area contributed by atoms with Crippen LogP contribution in [0.3, 0.4) is 0 Å². The molecule has 0 aliphatic heterocycles. The molecular formula is C15H12Br2N2O. The maximum atomic E-state index is 10.2. The van der Waals surface area contributed by atoms with Gasteiger partial charge in [-0.2, -0.15) is 0 Å². The first-order valence-electron chi connectivity index (χ1n) is 6.25. The fraction of sp³-hybridized carbons (Fsp3) is 0.133. The molecule has 1 N–H and O–H groups in total. The van der Waals surface area contributed by atoms with Crippen molar-refractivity contribution in [3.05, 3.63) is 45.3 Å². The molecule has 5 heteroatoms. The average Bonchev–Trinajstić information content (AvgIpc) is 2.75. The highest BCUT2D eigenvalue weighted by Gasteiger charge is 2.14. The van der Waals surface area contributed by atoms with Crippen molar-refractivity contribution in [3.8, 4) is 17.1 Å². The molecule has 0 amide bonds. The minimum Gasteiger partial charge on any atom is -0.507 e. The Balaban J connectivity index is 2.30. The third-order valence-corrected chi connectivity index (χ3v) is 4.21. The number of phenols is 1. The Morgan fingerprint density at radius 2 is 1.80 bits per heavy atom. The van der Waals surface area contributed by atoms with Gasteiger partial charge in [-0.3, -0.25) is 0 Å². The Morgan fingerprint density at radius 1 is 1.10 bits per heavy atom. The van der Waals surface area contributed by atoms with Crippen LogP contribution in [0.2, 0.25) is 0 Å². The number of rotatable bonds is 2. The number of imidazole rings is 1. The molecule has 0 saturated carbocycles. The van der Waals surface area contributed by atoms with Crippen molar-refractivity contribution >= 4 is 42.9 Å². The summed E-state index contributed by atoms with van der Waals surface area (Å²) >= 11 is 6.82. The second-order valence-corrected chi connectivity index (χ2v) is 6.31. The Hall–Kier alpha value is -1.33. The highest BCUT2D eigenvalue weighted by atomic mass is 79.9. The molecule has 1 aromatic heterocycles. The fourth-order valence-electron chi connectivity index (χ4n) is 2.32. The van der Waals surface area contributed by atoms with Crippen LogP contribution in [0.15, 0.2) is 45.3 Å². The molecule has 0 aliphatic carbocycles. The average molecular weight is 396 g/mol. The van der Waals surface area contributed by atoms with Crippen LogP contribution >= 0.6 is 31.9 Å². The topological polar surface area (TPSA) is 38.0 Å². The van der Waals surface area contributed by atoms with Crippen LogP contribution in [0.25, 0.3) is 22.4 Å². The lowest BCUT2D eigenvalue weighted by molar-refractivity contribution is 0.476. The molecule has 0 atom stereocenters. The first kappa shape index (κ1) is 13.6. The van der Waals surface area contributed by atoms with Crippen molar-refractivity contribution in [2.24, 2.45) is 0 Å². The summed E-state index contributed by atoms with van der Waals surface area (Å²) in [5, 5.41) is 10.2. The van der Waals surface area contributed by atoms with Gasteiger partial charge in [0.1, 0.15) is 11.6 Å². The standard InChI is InChI=1S/C15H12Br2N2O/c1-2-19-13-6-4-9(16)7-12(13)18-15(19)11-5-3-10(17)8-14(11)20/h3-8,20H,2H2,1H3. The molecule has 3 nitrogen and oxygen atoms in total. The Kier molecular flexibility index (Phi) is 3.56. The second kappa shape index (κ2) is 5.22. The monoisotopic (exact) mass is 394 g/mol. The summed E-state index contributed by atoms with van der Waals surface area (Å²) in [4.78, 5) is 4.66. The minimum absolute atomic E-state index is 0.225. The number of fused-ring (bicyclic) bond motifs is 1. The van der Waals surface area contributed by atoms with Crippen LogP contribution < -0.4 is 0 Å². The summed E-state index contributed by atoms with van der Waals surface area (Å²) in [5.41, 5.74) is 2.72. The lowest BCUT2D eigenvalue weighted by atomic mass is 10.2. The maximum Gasteiger partial charge on any atom is 0.144 e. The molecule has 0 spiro atoms. The van der Waals surface area contributed by atoms with Crippen LogP contribution in [0.4, 0.5) is 0 Å². The molecular weight excluding hydrogens is 384 g/mol. The van der Waals surface area contributed by atoms with Crippen LogP contribution in [0.1, 0.15) is 6.92 Å². The summed E-state index contributed by atoms with van der Waals surface area (Å²) in [5.74, 6) is 1.01. The molecule has 2 aromatic carbocycles. The predicted molar refractivity (Wildman–Crippen MR) is 87.9 cm³/mol. The molecule has 20 heavy (non-hydrogen) atoms. The quantitative estimate of drug-likeness (QED) is 0.666. The van der Waals surface area contributed by atoms with E-state index in [1.807, 2.05) is 30.3 Å².